The molecule has 0 bridgehead atoms. The van der Waals surface area contributed by atoms with Crippen LogP contribution in [0.25, 0.3) is 0 Å². The molecule has 0 saturated carbocycles. The predicted molar refractivity (Wildman–Crippen MR) is 75.2 cm³/mol. The van der Waals surface area contributed by atoms with Gasteiger partial charge in [0.05, 0.1) is 0 Å². The minimum absolute atomic E-state index is 0.184. The number of hydrogen-bond acceptors (Lipinski definition) is 2. The van der Waals surface area contributed by atoms with E-state index in [2.05, 4.69) is 12.1 Å². The zero-order valence-electron chi connectivity index (χ0n) is 10.2. The summed E-state index contributed by atoms with van der Waals surface area (Å²) in [6.45, 7) is 0. The normalized spacial score (nSPS) is 18.0. The van der Waals surface area contributed by atoms with Crippen LogP contribution in [-0.4, -0.2) is 26.9 Å². The molecule has 2 nitrogen and oxygen atoms in total. The molecule has 1 atom stereocenters. The molecule has 0 radical (unpaired) electrons. The van der Waals surface area contributed by atoms with Crippen LogP contribution in [-0.2, 0) is 9.53 Å². The fraction of sp³-hybridized carbons (Fsp3) is 0.0625. The maximum atomic E-state index is 11.5. The van der Waals surface area contributed by atoms with Crippen LogP contribution >= 0.6 is 0 Å². The maximum absolute atomic E-state index is 11.5. The van der Waals surface area contributed by atoms with Gasteiger partial charge in [0.1, 0.15) is 0 Å². The van der Waals surface area contributed by atoms with E-state index in [-0.39, 0.29) is 12.1 Å². The third-order valence-electron chi connectivity index (χ3n) is 2.83. The first-order valence-electron chi connectivity index (χ1n) is 6.03. The van der Waals surface area contributed by atoms with Gasteiger partial charge in [-0.05, 0) is 0 Å². The summed E-state index contributed by atoms with van der Waals surface area (Å²) in [5.74, 6) is -0.218. The Morgan fingerprint density at radius 3 is 2.21 bits per heavy atom. The van der Waals surface area contributed by atoms with E-state index in [9.17, 15) is 4.79 Å². The molecule has 3 heteroatoms. The van der Waals surface area contributed by atoms with E-state index in [0.29, 0.717) is 0 Å². The summed E-state index contributed by atoms with van der Waals surface area (Å²) in [6.07, 6.45) is 1.49. The molecule has 0 aromatic heterocycles. The molecule has 2 aromatic rings. The van der Waals surface area contributed by atoms with Crippen molar-refractivity contribution in [2.45, 2.75) is 6.10 Å². The molecular formula is C16H12O2Te. The molecule has 1 unspecified atom stereocenters. The van der Waals surface area contributed by atoms with E-state index in [1.165, 1.54) is 3.61 Å². The van der Waals surface area contributed by atoms with E-state index in [0.717, 1.165) is 9.18 Å². The van der Waals surface area contributed by atoms with E-state index in [1.807, 2.05) is 48.5 Å². The third kappa shape index (κ3) is 2.89. The average Bonchev–Trinajstić information content (AvgIpc) is 2.82. The standard InChI is InChI=1S/C16H12O2Te/c17-15-11-14(19-13-9-5-2-6-10-13)16(18-15)12-7-3-1-4-8-12/h1-11,16H. The zero-order valence-corrected chi connectivity index (χ0v) is 12.5. The SMILES string of the molecule is O=C1C=C([Te]c2ccccc2)C(c2ccccc2)O1. The van der Waals surface area contributed by atoms with Gasteiger partial charge in [0.2, 0.25) is 0 Å². The van der Waals surface area contributed by atoms with Crippen molar-refractivity contribution < 1.29 is 9.53 Å². The first kappa shape index (κ1) is 12.5. The molecule has 3 rings (SSSR count). The van der Waals surface area contributed by atoms with Crippen molar-refractivity contribution in [1.82, 2.24) is 0 Å². The molecule has 0 fully saturated rings. The van der Waals surface area contributed by atoms with Gasteiger partial charge >= 0.3 is 122 Å². The second kappa shape index (κ2) is 5.61. The van der Waals surface area contributed by atoms with Crippen LogP contribution in [0.4, 0.5) is 0 Å². The average molecular weight is 364 g/mol. The summed E-state index contributed by atoms with van der Waals surface area (Å²) in [5, 5.41) is 0. The first-order chi connectivity index (χ1) is 9.33. The summed E-state index contributed by atoms with van der Waals surface area (Å²) >= 11 is -0.554. The number of hydrogen-bond donors (Lipinski definition) is 0. The number of rotatable bonds is 3. The Labute approximate surface area is 122 Å². The molecule has 0 amide bonds. The predicted octanol–water partition coefficient (Wildman–Crippen LogP) is 2.20. The van der Waals surface area contributed by atoms with Crippen molar-refractivity contribution in [3.63, 3.8) is 0 Å². The molecule has 0 aliphatic carbocycles. The molecule has 1 aliphatic rings. The topological polar surface area (TPSA) is 26.3 Å². The van der Waals surface area contributed by atoms with Crippen LogP contribution in [0.2, 0.25) is 0 Å². The Morgan fingerprint density at radius 2 is 1.53 bits per heavy atom. The van der Waals surface area contributed by atoms with Gasteiger partial charge in [0.25, 0.3) is 0 Å². The van der Waals surface area contributed by atoms with Gasteiger partial charge in [-0.1, -0.05) is 0 Å². The van der Waals surface area contributed by atoms with Gasteiger partial charge in [-0.2, -0.15) is 0 Å². The summed E-state index contributed by atoms with van der Waals surface area (Å²) in [4.78, 5) is 11.5. The van der Waals surface area contributed by atoms with Gasteiger partial charge in [0.15, 0.2) is 0 Å². The third-order valence-corrected chi connectivity index (χ3v) is 5.90. The Bertz CT molecular complexity index is 605. The molecule has 0 N–H and O–H groups in total. The van der Waals surface area contributed by atoms with Crippen LogP contribution in [0, 0.1) is 0 Å². The van der Waals surface area contributed by atoms with E-state index < -0.39 is 20.9 Å². The number of cyclic esters (lactones) is 1. The first-order valence-corrected chi connectivity index (χ1v) is 8.36. The zero-order chi connectivity index (χ0) is 13.1. The van der Waals surface area contributed by atoms with Gasteiger partial charge in [-0.25, -0.2) is 0 Å². The van der Waals surface area contributed by atoms with Crippen LogP contribution in [0.15, 0.2) is 70.4 Å². The van der Waals surface area contributed by atoms with Crippen molar-refractivity contribution in [2.24, 2.45) is 0 Å². The molecule has 94 valence electrons. The number of ether oxygens (including phenoxy) is 1. The molecule has 0 saturated heterocycles. The van der Waals surface area contributed by atoms with Crippen molar-refractivity contribution in [2.75, 3.05) is 0 Å². The number of benzene rings is 2. The number of carbonyl (C=O) groups is 1. The fourth-order valence-corrected chi connectivity index (χ4v) is 4.86. The molecular weight excluding hydrogens is 352 g/mol. The fourth-order valence-electron chi connectivity index (χ4n) is 1.97. The second-order valence-electron chi connectivity index (χ2n) is 4.19. The summed E-state index contributed by atoms with van der Waals surface area (Å²) in [7, 11) is 0. The minimum atomic E-state index is -0.554. The summed E-state index contributed by atoms with van der Waals surface area (Å²) < 4.78 is 7.90. The van der Waals surface area contributed by atoms with Crippen molar-refractivity contribution in [1.29, 1.82) is 0 Å². The van der Waals surface area contributed by atoms with Gasteiger partial charge in [0, 0.05) is 0 Å². The van der Waals surface area contributed by atoms with Crippen LogP contribution in [0.3, 0.4) is 0 Å². The van der Waals surface area contributed by atoms with Crippen LogP contribution in [0.1, 0.15) is 11.7 Å². The van der Waals surface area contributed by atoms with E-state index in [1.54, 1.807) is 6.08 Å². The molecule has 1 aliphatic heterocycles. The molecule has 0 spiro atoms. The van der Waals surface area contributed by atoms with E-state index >= 15 is 0 Å². The van der Waals surface area contributed by atoms with Gasteiger partial charge < -0.3 is 0 Å². The van der Waals surface area contributed by atoms with Crippen LogP contribution < -0.4 is 3.61 Å². The van der Waals surface area contributed by atoms with Crippen molar-refractivity contribution in [3.05, 3.63) is 75.9 Å². The van der Waals surface area contributed by atoms with Crippen molar-refractivity contribution >= 4 is 30.5 Å². The van der Waals surface area contributed by atoms with Crippen LogP contribution in [0.5, 0.6) is 0 Å². The summed E-state index contributed by atoms with van der Waals surface area (Å²) in [5.41, 5.74) is 1.06. The van der Waals surface area contributed by atoms with Gasteiger partial charge in [-0.15, -0.1) is 0 Å². The Kier molecular flexibility index (Phi) is 3.68. The van der Waals surface area contributed by atoms with Gasteiger partial charge in [-0.3, -0.25) is 0 Å². The Hall–Kier alpha value is -1.56. The number of carbonyl (C=O) groups excluding carboxylic acids is 1. The monoisotopic (exact) mass is 366 g/mol. The second-order valence-corrected chi connectivity index (χ2v) is 7.46. The molecule has 2 aromatic carbocycles. The summed E-state index contributed by atoms with van der Waals surface area (Å²) in [6, 6.07) is 20.3. The Balaban J connectivity index is 1.86. The molecule has 1 heterocycles. The quantitative estimate of drug-likeness (QED) is 0.617. The van der Waals surface area contributed by atoms with Crippen molar-refractivity contribution in [3.8, 4) is 0 Å². The van der Waals surface area contributed by atoms with E-state index in [4.69, 9.17) is 4.74 Å². The number of esters is 1. The Morgan fingerprint density at radius 1 is 0.895 bits per heavy atom. The molecule has 19 heavy (non-hydrogen) atoms.